The first-order valence-electron chi connectivity index (χ1n) is 6.36. The zero-order valence-corrected chi connectivity index (χ0v) is 11.1. The second-order valence-electron chi connectivity index (χ2n) is 4.93. The van der Waals surface area contributed by atoms with E-state index in [0.29, 0.717) is 0 Å². The van der Waals surface area contributed by atoms with E-state index < -0.39 is 0 Å². The Kier molecular flexibility index (Phi) is 6.66. The van der Waals surface area contributed by atoms with Crippen LogP contribution < -0.4 is 5.32 Å². The maximum Gasteiger partial charge on any atom is 0.0506 e. The lowest BCUT2D eigenvalue weighted by Gasteiger charge is -2.30. The highest BCUT2D eigenvalue weighted by atomic mass is 35.5. The fourth-order valence-electron chi connectivity index (χ4n) is 2.89. The van der Waals surface area contributed by atoms with Crippen LogP contribution in [-0.4, -0.2) is 50.8 Å². The molecule has 0 amide bonds. The molecule has 2 heterocycles. The van der Waals surface area contributed by atoms with Crippen LogP contribution in [0.3, 0.4) is 0 Å². The monoisotopic (exact) mass is 248 g/mol. The topological polar surface area (TPSA) is 24.5 Å². The van der Waals surface area contributed by atoms with E-state index in [4.69, 9.17) is 4.74 Å². The molecule has 4 heteroatoms. The molecule has 2 atom stereocenters. The molecule has 3 nitrogen and oxygen atoms in total. The zero-order chi connectivity index (χ0) is 10.5. The van der Waals surface area contributed by atoms with E-state index in [1.807, 2.05) is 0 Å². The van der Waals surface area contributed by atoms with Crippen molar-refractivity contribution >= 4 is 12.4 Å². The summed E-state index contributed by atoms with van der Waals surface area (Å²) in [6.07, 6.45) is 5.37. The highest BCUT2D eigenvalue weighted by molar-refractivity contribution is 5.85. The molecule has 0 aromatic rings. The Morgan fingerprint density at radius 3 is 2.88 bits per heavy atom. The third kappa shape index (κ3) is 3.88. The Labute approximate surface area is 105 Å². The van der Waals surface area contributed by atoms with E-state index >= 15 is 0 Å². The zero-order valence-electron chi connectivity index (χ0n) is 10.3. The smallest absolute Gasteiger partial charge is 0.0506 e. The molecule has 1 N–H and O–H groups in total. The van der Waals surface area contributed by atoms with Gasteiger partial charge in [-0.25, -0.2) is 0 Å². The number of nitrogens with one attached hydrogen (secondary N) is 1. The largest absolute Gasteiger partial charge is 0.381 e. The van der Waals surface area contributed by atoms with E-state index in [0.717, 1.165) is 31.7 Å². The quantitative estimate of drug-likeness (QED) is 0.817. The molecule has 0 spiro atoms. The molecular weight excluding hydrogens is 224 g/mol. The molecular formula is C12H25ClN2O. The standard InChI is InChI=1S/C12H24N2O.ClH/c1-13-8-12-5-2-6-14(12)9-11-4-3-7-15-10-11;/h11-13H,2-10H2,1H3;1H. The van der Waals surface area contributed by atoms with Crippen LogP contribution in [0.25, 0.3) is 0 Å². The predicted molar refractivity (Wildman–Crippen MR) is 69.3 cm³/mol. The molecule has 2 saturated heterocycles. The average molecular weight is 249 g/mol. The number of likely N-dealkylation sites (N-methyl/N-ethyl adjacent to an activating group) is 1. The highest BCUT2D eigenvalue weighted by Gasteiger charge is 2.26. The number of ether oxygens (including phenoxy) is 1. The van der Waals surface area contributed by atoms with Crippen molar-refractivity contribution in [2.75, 3.05) is 39.9 Å². The van der Waals surface area contributed by atoms with Crippen molar-refractivity contribution in [3.05, 3.63) is 0 Å². The van der Waals surface area contributed by atoms with Crippen LogP contribution >= 0.6 is 12.4 Å². The Morgan fingerprint density at radius 2 is 2.19 bits per heavy atom. The van der Waals surface area contributed by atoms with Gasteiger partial charge in [-0.3, -0.25) is 4.90 Å². The minimum atomic E-state index is 0. The van der Waals surface area contributed by atoms with Crippen molar-refractivity contribution in [1.82, 2.24) is 10.2 Å². The van der Waals surface area contributed by atoms with Crippen molar-refractivity contribution < 1.29 is 4.74 Å². The van der Waals surface area contributed by atoms with Crippen molar-refractivity contribution in [2.24, 2.45) is 5.92 Å². The summed E-state index contributed by atoms with van der Waals surface area (Å²) in [5, 5.41) is 3.30. The number of likely N-dealkylation sites (tertiary alicyclic amines) is 1. The fourth-order valence-corrected chi connectivity index (χ4v) is 2.89. The van der Waals surface area contributed by atoms with E-state index in [-0.39, 0.29) is 12.4 Å². The number of hydrogen-bond donors (Lipinski definition) is 1. The van der Waals surface area contributed by atoms with Crippen molar-refractivity contribution in [3.63, 3.8) is 0 Å². The first-order chi connectivity index (χ1) is 7.40. The molecule has 2 rings (SSSR count). The van der Waals surface area contributed by atoms with E-state index in [1.165, 1.54) is 38.8 Å². The lowest BCUT2D eigenvalue weighted by atomic mass is 10.0. The fraction of sp³-hybridized carbons (Fsp3) is 1.00. The SMILES string of the molecule is CNCC1CCCN1CC1CCCOC1.Cl. The van der Waals surface area contributed by atoms with Gasteiger partial charge in [0.15, 0.2) is 0 Å². The van der Waals surface area contributed by atoms with Gasteiger partial charge in [-0.05, 0) is 45.2 Å². The summed E-state index contributed by atoms with van der Waals surface area (Å²) in [5.41, 5.74) is 0. The highest BCUT2D eigenvalue weighted by Crippen LogP contribution is 2.21. The summed E-state index contributed by atoms with van der Waals surface area (Å²) < 4.78 is 5.55. The Balaban J connectivity index is 0.00000128. The van der Waals surface area contributed by atoms with E-state index in [9.17, 15) is 0 Å². The molecule has 16 heavy (non-hydrogen) atoms. The van der Waals surface area contributed by atoms with Crippen molar-refractivity contribution in [1.29, 1.82) is 0 Å². The molecule has 2 aliphatic rings. The number of halogens is 1. The lowest BCUT2D eigenvalue weighted by molar-refractivity contribution is 0.0366. The molecule has 2 unspecified atom stereocenters. The van der Waals surface area contributed by atoms with Crippen LogP contribution in [0.2, 0.25) is 0 Å². The van der Waals surface area contributed by atoms with E-state index in [1.54, 1.807) is 0 Å². The second-order valence-corrected chi connectivity index (χ2v) is 4.93. The Morgan fingerprint density at radius 1 is 1.31 bits per heavy atom. The summed E-state index contributed by atoms with van der Waals surface area (Å²) in [5.74, 6) is 0.788. The second kappa shape index (κ2) is 7.49. The van der Waals surface area contributed by atoms with Gasteiger partial charge < -0.3 is 10.1 Å². The van der Waals surface area contributed by atoms with Crippen LogP contribution in [0.4, 0.5) is 0 Å². The summed E-state index contributed by atoms with van der Waals surface area (Å²) in [7, 11) is 2.06. The summed E-state index contributed by atoms with van der Waals surface area (Å²) >= 11 is 0. The van der Waals surface area contributed by atoms with Gasteiger partial charge in [-0.2, -0.15) is 0 Å². The van der Waals surface area contributed by atoms with Crippen molar-refractivity contribution in [3.8, 4) is 0 Å². The summed E-state index contributed by atoms with van der Waals surface area (Å²) in [6.45, 7) is 5.67. The van der Waals surface area contributed by atoms with E-state index in [2.05, 4.69) is 17.3 Å². The van der Waals surface area contributed by atoms with Gasteiger partial charge in [0.25, 0.3) is 0 Å². The van der Waals surface area contributed by atoms with Gasteiger partial charge >= 0.3 is 0 Å². The molecule has 0 aliphatic carbocycles. The molecule has 2 aliphatic heterocycles. The third-order valence-electron chi connectivity index (χ3n) is 3.69. The van der Waals surface area contributed by atoms with Crippen molar-refractivity contribution in [2.45, 2.75) is 31.7 Å². The van der Waals surface area contributed by atoms with Crippen LogP contribution in [0.5, 0.6) is 0 Å². The summed E-state index contributed by atoms with van der Waals surface area (Å²) in [4.78, 5) is 2.66. The van der Waals surface area contributed by atoms with Crippen LogP contribution in [0.15, 0.2) is 0 Å². The molecule has 0 aromatic heterocycles. The first kappa shape index (κ1) is 14.2. The number of rotatable bonds is 4. The molecule has 0 saturated carbocycles. The Bertz CT molecular complexity index is 186. The van der Waals surface area contributed by atoms with Gasteiger partial charge in [0.2, 0.25) is 0 Å². The number of hydrogen-bond acceptors (Lipinski definition) is 3. The van der Waals surface area contributed by atoms with Crippen LogP contribution in [0.1, 0.15) is 25.7 Å². The molecule has 96 valence electrons. The van der Waals surface area contributed by atoms with Crippen LogP contribution in [0, 0.1) is 5.92 Å². The van der Waals surface area contributed by atoms with Gasteiger partial charge in [0.05, 0.1) is 6.61 Å². The average Bonchev–Trinajstić information content (AvgIpc) is 2.68. The van der Waals surface area contributed by atoms with Gasteiger partial charge in [0, 0.05) is 25.7 Å². The Hall–Kier alpha value is 0.170. The normalized spacial score (nSPS) is 31.3. The molecule has 0 aromatic carbocycles. The molecule has 0 bridgehead atoms. The van der Waals surface area contributed by atoms with Gasteiger partial charge in [-0.15, -0.1) is 12.4 Å². The maximum absolute atomic E-state index is 5.55. The predicted octanol–water partition coefficient (Wildman–Crippen LogP) is 1.52. The van der Waals surface area contributed by atoms with Crippen LogP contribution in [-0.2, 0) is 4.74 Å². The van der Waals surface area contributed by atoms with Gasteiger partial charge in [0.1, 0.15) is 0 Å². The van der Waals surface area contributed by atoms with Gasteiger partial charge in [-0.1, -0.05) is 0 Å². The molecule has 0 radical (unpaired) electrons. The maximum atomic E-state index is 5.55. The summed E-state index contributed by atoms with van der Waals surface area (Å²) in [6, 6.07) is 0.775. The minimum Gasteiger partial charge on any atom is -0.381 e. The minimum absolute atomic E-state index is 0. The first-order valence-corrected chi connectivity index (χ1v) is 6.36. The number of nitrogens with zero attached hydrogens (tertiary/aromatic N) is 1. The third-order valence-corrected chi connectivity index (χ3v) is 3.69. The lowest BCUT2D eigenvalue weighted by Crippen LogP contribution is -2.41. The molecule has 2 fully saturated rings.